The van der Waals surface area contributed by atoms with Crippen LogP contribution in [-0.4, -0.2) is 35.4 Å². The van der Waals surface area contributed by atoms with E-state index in [0.29, 0.717) is 0 Å². The monoisotopic (exact) mass is 202 g/mol. The molecule has 0 radical (unpaired) electrons. The molecule has 4 N–H and O–H groups in total. The van der Waals surface area contributed by atoms with Gasteiger partial charge in [-0.3, -0.25) is 14.4 Å². The summed E-state index contributed by atoms with van der Waals surface area (Å²) in [5.41, 5.74) is 5.04. The normalized spacial score (nSPS) is 11.9. The zero-order valence-corrected chi connectivity index (χ0v) is 7.95. The largest absolute Gasteiger partial charge is 0.481 e. The number of amides is 1. The van der Waals surface area contributed by atoms with Gasteiger partial charge in [0.15, 0.2) is 5.78 Å². The van der Waals surface area contributed by atoms with E-state index >= 15 is 0 Å². The molecule has 0 spiro atoms. The van der Waals surface area contributed by atoms with Crippen LogP contribution in [0.5, 0.6) is 0 Å². The summed E-state index contributed by atoms with van der Waals surface area (Å²) in [7, 11) is 0. The van der Waals surface area contributed by atoms with Crippen molar-refractivity contribution in [3.8, 4) is 0 Å². The summed E-state index contributed by atoms with van der Waals surface area (Å²) in [6, 6.07) is -0.748. The molecule has 0 aliphatic rings. The number of aliphatic carboxylic acids is 1. The number of carboxylic acid groups (broad SMARTS) is 1. The quantitative estimate of drug-likeness (QED) is 0.505. The summed E-state index contributed by atoms with van der Waals surface area (Å²) in [6.45, 7) is 1.08. The summed E-state index contributed by atoms with van der Waals surface area (Å²) in [5.74, 6) is -1.73. The van der Waals surface area contributed by atoms with Gasteiger partial charge in [0.2, 0.25) is 5.91 Å². The lowest BCUT2D eigenvalue weighted by molar-refractivity contribution is -0.137. The van der Waals surface area contributed by atoms with Crippen molar-refractivity contribution >= 4 is 17.7 Å². The minimum atomic E-state index is -1.00. The van der Waals surface area contributed by atoms with Crippen molar-refractivity contribution < 1.29 is 19.5 Å². The molecule has 6 nitrogen and oxygen atoms in total. The van der Waals surface area contributed by atoms with Gasteiger partial charge in [-0.25, -0.2) is 0 Å². The maximum Gasteiger partial charge on any atom is 0.303 e. The van der Waals surface area contributed by atoms with Crippen LogP contribution >= 0.6 is 0 Å². The van der Waals surface area contributed by atoms with E-state index in [2.05, 4.69) is 5.32 Å². The highest BCUT2D eigenvalue weighted by atomic mass is 16.4. The Morgan fingerprint density at radius 2 is 2.00 bits per heavy atom. The summed E-state index contributed by atoms with van der Waals surface area (Å²) in [5, 5.41) is 10.7. The molecule has 0 aromatic carbocycles. The second-order valence-corrected chi connectivity index (χ2v) is 2.87. The van der Waals surface area contributed by atoms with E-state index < -0.39 is 17.9 Å². The number of hydrogen-bond donors (Lipinski definition) is 3. The third-order valence-electron chi connectivity index (χ3n) is 1.66. The van der Waals surface area contributed by atoms with Crippen molar-refractivity contribution in [2.24, 2.45) is 5.73 Å². The first-order valence-electron chi connectivity index (χ1n) is 4.19. The van der Waals surface area contributed by atoms with Crippen molar-refractivity contribution in [1.29, 1.82) is 0 Å². The Bertz CT molecular complexity index is 239. The Labute approximate surface area is 81.5 Å². The molecule has 0 aliphatic carbocycles. The zero-order valence-electron chi connectivity index (χ0n) is 7.95. The van der Waals surface area contributed by atoms with E-state index in [9.17, 15) is 14.4 Å². The SMILES string of the molecule is CC(=O)[C@H](CCC(=O)O)NC(=O)CN. The van der Waals surface area contributed by atoms with Gasteiger partial charge in [0.1, 0.15) is 0 Å². The number of carboxylic acids is 1. The first kappa shape index (κ1) is 12.6. The topological polar surface area (TPSA) is 109 Å². The third-order valence-corrected chi connectivity index (χ3v) is 1.66. The van der Waals surface area contributed by atoms with E-state index in [1.807, 2.05) is 0 Å². The smallest absolute Gasteiger partial charge is 0.303 e. The predicted octanol–water partition coefficient (Wildman–Crippen LogP) is -1.12. The molecule has 14 heavy (non-hydrogen) atoms. The van der Waals surface area contributed by atoms with Crippen LogP contribution in [0.25, 0.3) is 0 Å². The van der Waals surface area contributed by atoms with E-state index in [1.165, 1.54) is 6.92 Å². The van der Waals surface area contributed by atoms with Gasteiger partial charge in [0.25, 0.3) is 0 Å². The van der Waals surface area contributed by atoms with Gasteiger partial charge in [-0.1, -0.05) is 0 Å². The first-order valence-corrected chi connectivity index (χ1v) is 4.19. The molecule has 0 saturated heterocycles. The fourth-order valence-electron chi connectivity index (χ4n) is 0.898. The Morgan fingerprint density at radius 3 is 2.36 bits per heavy atom. The van der Waals surface area contributed by atoms with Crippen molar-refractivity contribution in [1.82, 2.24) is 5.32 Å². The molecule has 0 rings (SSSR count). The highest BCUT2D eigenvalue weighted by Crippen LogP contribution is 1.98. The molecule has 0 unspecified atom stereocenters. The number of nitrogens with one attached hydrogen (secondary N) is 1. The summed E-state index contributed by atoms with van der Waals surface area (Å²) < 4.78 is 0. The molecule has 0 heterocycles. The first-order chi connectivity index (χ1) is 6.47. The van der Waals surface area contributed by atoms with Crippen LogP contribution in [0, 0.1) is 0 Å². The minimum absolute atomic E-state index is 0.0937. The third kappa shape index (κ3) is 5.26. The Morgan fingerprint density at radius 1 is 1.43 bits per heavy atom. The molecule has 0 aromatic rings. The maximum atomic E-state index is 11.0. The predicted molar refractivity (Wildman–Crippen MR) is 48.5 cm³/mol. The average Bonchev–Trinajstić information content (AvgIpc) is 2.10. The zero-order chi connectivity index (χ0) is 11.1. The van der Waals surface area contributed by atoms with Crippen LogP contribution in [0.4, 0.5) is 0 Å². The molecule has 80 valence electrons. The van der Waals surface area contributed by atoms with Crippen molar-refractivity contribution in [2.75, 3.05) is 6.54 Å². The Kier molecular flexibility index (Phi) is 5.47. The van der Waals surface area contributed by atoms with Crippen LogP contribution in [0.3, 0.4) is 0 Å². The van der Waals surface area contributed by atoms with Gasteiger partial charge in [0.05, 0.1) is 12.6 Å². The second-order valence-electron chi connectivity index (χ2n) is 2.87. The number of Topliss-reactive ketones (excluding diaryl/α,β-unsaturated/α-hetero) is 1. The molecule has 0 saturated carbocycles. The Balaban J connectivity index is 4.09. The lowest BCUT2D eigenvalue weighted by Crippen LogP contribution is -2.42. The summed E-state index contributed by atoms with van der Waals surface area (Å²) >= 11 is 0. The second kappa shape index (κ2) is 6.09. The molecular formula is C8H14N2O4. The molecular weight excluding hydrogens is 188 g/mol. The van der Waals surface area contributed by atoms with Gasteiger partial charge in [-0.15, -0.1) is 0 Å². The molecule has 0 fully saturated rings. The molecule has 0 aliphatic heterocycles. The standard InChI is InChI=1S/C8H14N2O4/c1-5(11)6(2-3-8(13)14)10-7(12)4-9/h6H,2-4,9H2,1H3,(H,10,12)(H,13,14)/t6-/m0/s1. The summed E-state index contributed by atoms with van der Waals surface area (Å²) in [6.07, 6.45) is -0.0640. The molecule has 0 bridgehead atoms. The van der Waals surface area contributed by atoms with E-state index in [1.54, 1.807) is 0 Å². The van der Waals surface area contributed by atoms with Crippen LogP contribution < -0.4 is 11.1 Å². The van der Waals surface area contributed by atoms with Crippen molar-refractivity contribution in [2.45, 2.75) is 25.8 Å². The van der Waals surface area contributed by atoms with Crippen LogP contribution in [0.15, 0.2) is 0 Å². The number of nitrogens with two attached hydrogens (primary N) is 1. The number of hydrogen-bond acceptors (Lipinski definition) is 4. The maximum absolute atomic E-state index is 11.0. The van der Waals surface area contributed by atoms with Gasteiger partial charge < -0.3 is 16.2 Å². The average molecular weight is 202 g/mol. The highest BCUT2D eigenvalue weighted by molar-refractivity contribution is 5.88. The highest BCUT2D eigenvalue weighted by Gasteiger charge is 2.17. The fourth-order valence-corrected chi connectivity index (χ4v) is 0.898. The fraction of sp³-hybridized carbons (Fsp3) is 0.625. The van der Waals surface area contributed by atoms with E-state index in [0.717, 1.165) is 0 Å². The van der Waals surface area contributed by atoms with Gasteiger partial charge in [-0.2, -0.15) is 0 Å². The van der Waals surface area contributed by atoms with Crippen LogP contribution in [0.2, 0.25) is 0 Å². The molecule has 6 heteroatoms. The lowest BCUT2D eigenvalue weighted by atomic mass is 10.1. The number of ketones is 1. The van der Waals surface area contributed by atoms with Gasteiger partial charge in [-0.05, 0) is 13.3 Å². The minimum Gasteiger partial charge on any atom is -0.481 e. The number of carbonyl (C=O) groups is 3. The van der Waals surface area contributed by atoms with E-state index in [-0.39, 0.29) is 25.2 Å². The van der Waals surface area contributed by atoms with Gasteiger partial charge in [0, 0.05) is 6.42 Å². The van der Waals surface area contributed by atoms with Gasteiger partial charge >= 0.3 is 5.97 Å². The number of carbonyl (C=O) groups excluding carboxylic acids is 2. The van der Waals surface area contributed by atoms with Crippen LogP contribution in [0.1, 0.15) is 19.8 Å². The van der Waals surface area contributed by atoms with Crippen LogP contribution in [-0.2, 0) is 14.4 Å². The lowest BCUT2D eigenvalue weighted by Gasteiger charge is -2.13. The molecule has 1 atom stereocenters. The van der Waals surface area contributed by atoms with Crippen molar-refractivity contribution in [3.63, 3.8) is 0 Å². The van der Waals surface area contributed by atoms with Crippen molar-refractivity contribution in [3.05, 3.63) is 0 Å². The molecule has 1 amide bonds. The Hall–Kier alpha value is -1.43. The van der Waals surface area contributed by atoms with E-state index in [4.69, 9.17) is 10.8 Å². The summed E-state index contributed by atoms with van der Waals surface area (Å²) in [4.78, 5) is 32.0. The molecule has 0 aromatic heterocycles. The number of rotatable bonds is 6.